The highest BCUT2D eigenvalue weighted by atomic mass is 35.5. The first-order valence-corrected chi connectivity index (χ1v) is 10.2. The Bertz CT molecular complexity index is 1160. The van der Waals surface area contributed by atoms with Gasteiger partial charge >= 0.3 is 0 Å². The molecule has 1 heterocycles. The average Bonchev–Trinajstić information content (AvgIpc) is 3.12. The molecule has 0 aliphatic carbocycles. The molecule has 4 rings (SSSR count). The number of aryl methyl sites for hydroxylation is 1. The number of hydrogen-bond donors (Lipinski definition) is 0. The van der Waals surface area contributed by atoms with E-state index in [0.717, 1.165) is 38.2 Å². The number of para-hydroxylation sites is 1. The lowest BCUT2D eigenvalue weighted by Crippen LogP contribution is -2.36. The molecule has 0 bridgehead atoms. The standard InChI is InChI=1S/C23H23N3OS.ClH/c1-16-7-6-10-20-21(16)24-23(28-20)26(14-13-25(2)3)22(27)19-12-11-17-8-4-5-9-18(17)15-19;/h4-12,15H,13-14H2,1-3H3;1H. The van der Waals surface area contributed by atoms with Gasteiger partial charge in [-0.25, -0.2) is 4.98 Å². The van der Waals surface area contributed by atoms with Crippen LogP contribution in [0.1, 0.15) is 15.9 Å². The highest BCUT2D eigenvalue weighted by Gasteiger charge is 2.22. The van der Waals surface area contributed by atoms with Crippen LogP contribution in [0.5, 0.6) is 0 Å². The average molecular weight is 426 g/mol. The zero-order valence-electron chi connectivity index (χ0n) is 16.8. The van der Waals surface area contributed by atoms with Gasteiger partial charge in [-0.05, 0) is 55.6 Å². The molecule has 0 radical (unpaired) electrons. The summed E-state index contributed by atoms with van der Waals surface area (Å²) < 4.78 is 1.11. The summed E-state index contributed by atoms with van der Waals surface area (Å²) >= 11 is 1.57. The van der Waals surface area contributed by atoms with E-state index >= 15 is 0 Å². The van der Waals surface area contributed by atoms with Crippen LogP contribution in [0.3, 0.4) is 0 Å². The second-order valence-electron chi connectivity index (χ2n) is 7.24. The molecule has 4 nitrogen and oxygen atoms in total. The Labute approximate surface area is 181 Å². The number of carbonyl (C=O) groups excluding carboxylic acids is 1. The Morgan fingerprint density at radius 2 is 1.72 bits per heavy atom. The maximum absolute atomic E-state index is 13.4. The minimum Gasteiger partial charge on any atom is -0.308 e. The largest absolute Gasteiger partial charge is 0.308 e. The minimum atomic E-state index is -0.00990. The van der Waals surface area contributed by atoms with Crippen LogP contribution in [0.25, 0.3) is 21.0 Å². The van der Waals surface area contributed by atoms with Crippen LogP contribution in [0.2, 0.25) is 0 Å². The Kier molecular flexibility index (Phi) is 6.52. The van der Waals surface area contributed by atoms with Crippen molar-refractivity contribution in [1.82, 2.24) is 9.88 Å². The third-order valence-electron chi connectivity index (χ3n) is 4.85. The van der Waals surface area contributed by atoms with E-state index in [-0.39, 0.29) is 18.3 Å². The Balaban J connectivity index is 0.00000240. The predicted molar refractivity (Wildman–Crippen MR) is 126 cm³/mol. The SMILES string of the molecule is Cc1cccc2sc(N(CCN(C)C)C(=O)c3ccc4ccccc4c3)nc12.Cl. The lowest BCUT2D eigenvalue weighted by atomic mass is 10.1. The van der Waals surface area contributed by atoms with E-state index in [1.165, 1.54) is 0 Å². The van der Waals surface area contributed by atoms with E-state index < -0.39 is 0 Å². The zero-order valence-corrected chi connectivity index (χ0v) is 18.4. The van der Waals surface area contributed by atoms with Gasteiger partial charge in [0.1, 0.15) is 0 Å². The van der Waals surface area contributed by atoms with Crippen molar-refractivity contribution in [3.63, 3.8) is 0 Å². The molecule has 1 aromatic heterocycles. The number of anilines is 1. The Hall–Kier alpha value is -2.47. The van der Waals surface area contributed by atoms with Crippen LogP contribution < -0.4 is 4.90 Å². The van der Waals surface area contributed by atoms with Crippen molar-refractivity contribution in [2.24, 2.45) is 0 Å². The molecule has 4 aromatic rings. The monoisotopic (exact) mass is 425 g/mol. The van der Waals surface area contributed by atoms with Crippen molar-refractivity contribution < 1.29 is 4.79 Å². The summed E-state index contributed by atoms with van der Waals surface area (Å²) in [6, 6.07) is 20.2. The van der Waals surface area contributed by atoms with Gasteiger partial charge in [0.15, 0.2) is 5.13 Å². The quantitative estimate of drug-likeness (QED) is 0.430. The van der Waals surface area contributed by atoms with Gasteiger partial charge in [-0.1, -0.05) is 53.8 Å². The smallest absolute Gasteiger partial charge is 0.260 e. The molecule has 0 atom stereocenters. The molecule has 0 N–H and O–H groups in total. The molecule has 0 unspecified atom stereocenters. The van der Waals surface area contributed by atoms with Crippen molar-refractivity contribution in [1.29, 1.82) is 0 Å². The molecule has 0 fully saturated rings. The summed E-state index contributed by atoms with van der Waals surface area (Å²) in [4.78, 5) is 22.1. The summed E-state index contributed by atoms with van der Waals surface area (Å²) in [5, 5.41) is 2.96. The van der Waals surface area contributed by atoms with E-state index in [1.807, 2.05) is 61.5 Å². The lowest BCUT2D eigenvalue weighted by Gasteiger charge is -2.22. The number of nitrogens with zero attached hydrogens (tertiary/aromatic N) is 3. The highest BCUT2D eigenvalue weighted by Crippen LogP contribution is 2.31. The second kappa shape index (κ2) is 8.91. The van der Waals surface area contributed by atoms with Crippen LogP contribution in [0, 0.1) is 6.92 Å². The number of likely N-dealkylation sites (N-methyl/N-ethyl adjacent to an activating group) is 1. The van der Waals surface area contributed by atoms with Gasteiger partial charge in [-0.3, -0.25) is 9.69 Å². The van der Waals surface area contributed by atoms with Crippen LogP contribution in [0.15, 0.2) is 60.7 Å². The van der Waals surface area contributed by atoms with Gasteiger partial charge in [-0.2, -0.15) is 0 Å². The molecule has 0 aliphatic rings. The van der Waals surface area contributed by atoms with Gasteiger partial charge in [0.05, 0.1) is 10.2 Å². The highest BCUT2D eigenvalue weighted by molar-refractivity contribution is 7.22. The molecular weight excluding hydrogens is 402 g/mol. The topological polar surface area (TPSA) is 36.4 Å². The van der Waals surface area contributed by atoms with Crippen LogP contribution >= 0.6 is 23.7 Å². The Morgan fingerprint density at radius 3 is 2.45 bits per heavy atom. The lowest BCUT2D eigenvalue weighted by molar-refractivity contribution is 0.0985. The number of thiazole rings is 1. The first-order chi connectivity index (χ1) is 13.5. The molecular formula is C23H24ClN3OS. The first-order valence-electron chi connectivity index (χ1n) is 9.34. The predicted octanol–water partition coefficient (Wildman–Crippen LogP) is 5.39. The minimum absolute atomic E-state index is 0. The molecule has 3 aromatic carbocycles. The number of rotatable bonds is 5. The van der Waals surface area contributed by atoms with Gasteiger partial charge in [0, 0.05) is 18.7 Å². The summed E-state index contributed by atoms with van der Waals surface area (Å²) in [6.45, 7) is 3.42. The first kappa shape index (κ1) is 21.2. The van der Waals surface area contributed by atoms with E-state index in [2.05, 4.69) is 30.0 Å². The molecule has 6 heteroatoms. The van der Waals surface area contributed by atoms with Crippen molar-refractivity contribution >= 4 is 55.8 Å². The molecule has 0 saturated heterocycles. The maximum atomic E-state index is 13.4. The molecule has 1 amide bonds. The van der Waals surface area contributed by atoms with E-state index in [0.29, 0.717) is 12.1 Å². The van der Waals surface area contributed by atoms with Gasteiger partial charge in [0.2, 0.25) is 0 Å². The number of hydrogen-bond acceptors (Lipinski definition) is 4. The zero-order chi connectivity index (χ0) is 19.7. The van der Waals surface area contributed by atoms with Gasteiger partial charge in [-0.15, -0.1) is 12.4 Å². The van der Waals surface area contributed by atoms with Gasteiger partial charge < -0.3 is 4.90 Å². The third kappa shape index (κ3) is 4.42. The number of carbonyl (C=O) groups is 1. The van der Waals surface area contributed by atoms with Gasteiger partial charge in [0.25, 0.3) is 5.91 Å². The molecule has 0 saturated carbocycles. The van der Waals surface area contributed by atoms with E-state index in [1.54, 1.807) is 11.3 Å². The molecule has 0 aliphatic heterocycles. The Morgan fingerprint density at radius 1 is 0.966 bits per heavy atom. The number of fused-ring (bicyclic) bond motifs is 2. The fourth-order valence-electron chi connectivity index (χ4n) is 3.25. The third-order valence-corrected chi connectivity index (χ3v) is 5.90. The molecule has 0 spiro atoms. The van der Waals surface area contributed by atoms with Crippen LogP contribution in [-0.4, -0.2) is 43.0 Å². The normalized spacial score (nSPS) is 11.0. The van der Waals surface area contributed by atoms with E-state index in [9.17, 15) is 4.79 Å². The number of aromatic nitrogens is 1. The summed E-state index contributed by atoms with van der Waals surface area (Å²) in [5.74, 6) is -0.00990. The number of halogens is 1. The fourth-order valence-corrected chi connectivity index (χ4v) is 4.32. The summed E-state index contributed by atoms with van der Waals surface area (Å²) in [7, 11) is 4.03. The van der Waals surface area contributed by atoms with Crippen molar-refractivity contribution in [3.05, 3.63) is 71.8 Å². The summed E-state index contributed by atoms with van der Waals surface area (Å²) in [5.41, 5.74) is 2.79. The van der Waals surface area contributed by atoms with E-state index in [4.69, 9.17) is 4.98 Å². The van der Waals surface area contributed by atoms with Crippen molar-refractivity contribution in [3.8, 4) is 0 Å². The van der Waals surface area contributed by atoms with Crippen LogP contribution in [-0.2, 0) is 0 Å². The summed E-state index contributed by atoms with van der Waals surface area (Å²) in [6.07, 6.45) is 0. The van der Waals surface area contributed by atoms with Crippen LogP contribution in [0.4, 0.5) is 5.13 Å². The molecule has 150 valence electrons. The number of amides is 1. The maximum Gasteiger partial charge on any atom is 0.260 e. The number of benzene rings is 3. The molecule has 29 heavy (non-hydrogen) atoms. The fraction of sp³-hybridized carbons (Fsp3) is 0.217. The van der Waals surface area contributed by atoms with Crippen molar-refractivity contribution in [2.75, 3.05) is 32.1 Å². The second-order valence-corrected chi connectivity index (χ2v) is 8.25. The van der Waals surface area contributed by atoms with Crippen molar-refractivity contribution in [2.45, 2.75) is 6.92 Å².